The molecule has 0 fully saturated rings. The SMILES string of the molecule is COc1ccc(CCOC(=O)c2ccc3c(=O)n4c(nc3c2)CCCCCC4)cc1. The minimum absolute atomic E-state index is 0.0173. The fraction of sp³-hybridized carbons (Fsp3) is 0.375. The first kappa shape index (κ1) is 20.1. The number of ether oxygens (including phenoxy) is 2. The zero-order valence-electron chi connectivity index (χ0n) is 17.2. The van der Waals surface area contributed by atoms with E-state index in [-0.39, 0.29) is 12.2 Å². The first-order valence-corrected chi connectivity index (χ1v) is 10.5. The molecule has 1 aliphatic rings. The Balaban J connectivity index is 1.48. The Morgan fingerprint density at radius 3 is 2.67 bits per heavy atom. The van der Waals surface area contributed by atoms with Gasteiger partial charge in [-0.1, -0.05) is 25.0 Å². The van der Waals surface area contributed by atoms with Gasteiger partial charge in [0, 0.05) is 19.4 Å². The molecule has 0 amide bonds. The number of nitrogens with zero attached hydrogens (tertiary/aromatic N) is 2. The van der Waals surface area contributed by atoms with Gasteiger partial charge in [0.15, 0.2) is 0 Å². The minimum Gasteiger partial charge on any atom is -0.497 e. The van der Waals surface area contributed by atoms with E-state index in [2.05, 4.69) is 0 Å². The normalized spacial score (nSPS) is 13.9. The number of hydrogen-bond donors (Lipinski definition) is 0. The molecule has 30 heavy (non-hydrogen) atoms. The zero-order chi connectivity index (χ0) is 20.9. The van der Waals surface area contributed by atoms with Gasteiger partial charge in [-0.3, -0.25) is 9.36 Å². The summed E-state index contributed by atoms with van der Waals surface area (Å²) < 4.78 is 12.4. The topological polar surface area (TPSA) is 70.4 Å². The van der Waals surface area contributed by atoms with Crippen molar-refractivity contribution in [2.45, 2.75) is 45.1 Å². The molecule has 1 aliphatic heterocycles. The number of fused-ring (bicyclic) bond motifs is 2. The Morgan fingerprint density at radius 2 is 1.87 bits per heavy atom. The van der Waals surface area contributed by atoms with E-state index in [0.29, 0.717) is 29.4 Å². The van der Waals surface area contributed by atoms with Gasteiger partial charge in [-0.05, 0) is 48.7 Å². The highest BCUT2D eigenvalue weighted by Crippen LogP contribution is 2.17. The molecule has 1 aromatic heterocycles. The average molecular weight is 406 g/mol. The van der Waals surface area contributed by atoms with Crippen LogP contribution < -0.4 is 10.3 Å². The second-order valence-corrected chi connectivity index (χ2v) is 7.61. The Kier molecular flexibility index (Phi) is 6.12. The summed E-state index contributed by atoms with van der Waals surface area (Å²) in [6.07, 6.45) is 5.75. The van der Waals surface area contributed by atoms with Crippen LogP contribution in [0, 0.1) is 0 Å². The Bertz CT molecular complexity index is 1100. The summed E-state index contributed by atoms with van der Waals surface area (Å²) in [5.74, 6) is 1.21. The Labute approximate surface area is 175 Å². The summed E-state index contributed by atoms with van der Waals surface area (Å²) in [5, 5.41) is 0.550. The third-order valence-electron chi connectivity index (χ3n) is 5.59. The number of aromatic nitrogens is 2. The predicted octanol–water partition coefficient (Wildman–Crippen LogP) is 3.92. The van der Waals surface area contributed by atoms with Crippen LogP contribution in [0.25, 0.3) is 10.9 Å². The lowest BCUT2D eigenvalue weighted by molar-refractivity contribution is 0.0509. The van der Waals surface area contributed by atoms with E-state index in [9.17, 15) is 9.59 Å². The Morgan fingerprint density at radius 1 is 1.07 bits per heavy atom. The van der Waals surface area contributed by atoms with Crippen molar-refractivity contribution in [3.8, 4) is 5.75 Å². The quantitative estimate of drug-likeness (QED) is 0.601. The highest BCUT2D eigenvalue weighted by molar-refractivity contribution is 5.94. The molecule has 156 valence electrons. The number of rotatable bonds is 5. The fourth-order valence-electron chi connectivity index (χ4n) is 3.86. The third kappa shape index (κ3) is 4.37. The molecule has 2 aromatic carbocycles. The van der Waals surface area contributed by atoms with Crippen molar-refractivity contribution in [3.63, 3.8) is 0 Å². The maximum Gasteiger partial charge on any atom is 0.338 e. The summed E-state index contributed by atoms with van der Waals surface area (Å²) in [7, 11) is 1.63. The molecule has 6 heteroatoms. The molecule has 4 rings (SSSR count). The van der Waals surface area contributed by atoms with Gasteiger partial charge in [0.25, 0.3) is 5.56 Å². The highest BCUT2D eigenvalue weighted by atomic mass is 16.5. The lowest BCUT2D eigenvalue weighted by atomic mass is 10.1. The van der Waals surface area contributed by atoms with E-state index in [1.165, 1.54) is 0 Å². The van der Waals surface area contributed by atoms with Crippen LogP contribution >= 0.6 is 0 Å². The van der Waals surface area contributed by atoms with Crippen LogP contribution in [0.5, 0.6) is 5.75 Å². The molecule has 0 saturated heterocycles. The lowest BCUT2D eigenvalue weighted by Gasteiger charge is -2.16. The number of hydrogen-bond acceptors (Lipinski definition) is 5. The van der Waals surface area contributed by atoms with Crippen LogP contribution in [0.1, 0.15) is 47.4 Å². The summed E-state index contributed by atoms with van der Waals surface area (Å²) in [6.45, 7) is 0.996. The summed E-state index contributed by atoms with van der Waals surface area (Å²) in [6, 6.07) is 12.7. The molecule has 3 aromatic rings. The third-order valence-corrected chi connectivity index (χ3v) is 5.59. The van der Waals surface area contributed by atoms with Crippen molar-refractivity contribution < 1.29 is 14.3 Å². The van der Waals surface area contributed by atoms with E-state index in [1.54, 1.807) is 29.9 Å². The molecule has 2 heterocycles. The molecule has 0 bridgehead atoms. The van der Waals surface area contributed by atoms with Crippen LogP contribution in [0.2, 0.25) is 0 Å². The molecule has 0 aliphatic carbocycles. The van der Waals surface area contributed by atoms with Crippen molar-refractivity contribution in [2.75, 3.05) is 13.7 Å². The molecule has 0 N–H and O–H groups in total. The predicted molar refractivity (Wildman–Crippen MR) is 115 cm³/mol. The first-order chi connectivity index (χ1) is 14.7. The molecule has 6 nitrogen and oxygen atoms in total. The molecule has 0 radical (unpaired) electrons. The molecular weight excluding hydrogens is 380 g/mol. The molecular formula is C24H26N2O4. The van der Waals surface area contributed by atoms with Gasteiger partial charge in [0.05, 0.1) is 30.2 Å². The van der Waals surface area contributed by atoms with Crippen molar-refractivity contribution in [1.82, 2.24) is 9.55 Å². The van der Waals surface area contributed by atoms with E-state index >= 15 is 0 Å². The van der Waals surface area contributed by atoms with E-state index in [1.807, 2.05) is 24.3 Å². The van der Waals surface area contributed by atoms with Gasteiger partial charge in [-0.15, -0.1) is 0 Å². The molecule has 0 saturated carbocycles. The van der Waals surface area contributed by atoms with Gasteiger partial charge in [-0.2, -0.15) is 0 Å². The van der Waals surface area contributed by atoms with Gasteiger partial charge >= 0.3 is 5.97 Å². The monoisotopic (exact) mass is 406 g/mol. The zero-order valence-corrected chi connectivity index (χ0v) is 17.2. The van der Waals surface area contributed by atoms with Crippen molar-refractivity contribution in [1.29, 1.82) is 0 Å². The number of carbonyl (C=O) groups excluding carboxylic acids is 1. The number of esters is 1. The van der Waals surface area contributed by atoms with Crippen LogP contribution in [0.15, 0.2) is 47.3 Å². The van der Waals surface area contributed by atoms with Gasteiger partial charge in [0.2, 0.25) is 0 Å². The van der Waals surface area contributed by atoms with Gasteiger partial charge in [-0.25, -0.2) is 9.78 Å². The highest BCUT2D eigenvalue weighted by Gasteiger charge is 2.15. The lowest BCUT2D eigenvalue weighted by Crippen LogP contribution is -2.26. The minimum atomic E-state index is -0.404. The molecule has 0 atom stereocenters. The van der Waals surface area contributed by atoms with E-state index in [0.717, 1.165) is 49.2 Å². The largest absolute Gasteiger partial charge is 0.497 e. The molecule has 0 spiro atoms. The van der Waals surface area contributed by atoms with E-state index < -0.39 is 5.97 Å². The summed E-state index contributed by atoms with van der Waals surface area (Å²) >= 11 is 0. The maximum atomic E-state index is 12.9. The van der Waals surface area contributed by atoms with E-state index in [4.69, 9.17) is 14.5 Å². The van der Waals surface area contributed by atoms with Crippen molar-refractivity contribution in [3.05, 3.63) is 69.8 Å². The Hall–Kier alpha value is -3.15. The van der Waals surface area contributed by atoms with Gasteiger partial charge in [0.1, 0.15) is 11.6 Å². The number of carbonyl (C=O) groups is 1. The second-order valence-electron chi connectivity index (χ2n) is 7.61. The maximum absolute atomic E-state index is 12.9. The van der Waals surface area contributed by atoms with Crippen LogP contribution in [-0.2, 0) is 24.1 Å². The van der Waals surface area contributed by atoms with Crippen molar-refractivity contribution >= 4 is 16.9 Å². The fourth-order valence-corrected chi connectivity index (χ4v) is 3.86. The average Bonchev–Trinajstić information content (AvgIpc) is 2.75. The number of methoxy groups -OCH3 is 1. The second kappa shape index (κ2) is 9.11. The summed E-state index contributed by atoms with van der Waals surface area (Å²) in [5.41, 5.74) is 2.03. The molecule has 0 unspecified atom stereocenters. The number of benzene rings is 2. The first-order valence-electron chi connectivity index (χ1n) is 10.5. The standard InChI is InChI=1S/C24H26N2O4/c1-29-19-10-7-17(8-11-19)13-15-30-24(28)18-9-12-20-21(16-18)25-22-6-4-2-3-5-14-26(22)23(20)27/h7-12,16H,2-6,13-15H2,1H3. The summed E-state index contributed by atoms with van der Waals surface area (Å²) in [4.78, 5) is 30.1. The van der Waals surface area contributed by atoms with Crippen LogP contribution in [-0.4, -0.2) is 29.2 Å². The van der Waals surface area contributed by atoms with Crippen LogP contribution in [0.3, 0.4) is 0 Å². The van der Waals surface area contributed by atoms with Crippen molar-refractivity contribution in [2.24, 2.45) is 0 Å². The van der Waals surface area contributed by atoms with Crippen LogP contribution in [0.4, 0.5) is 0 Å². The van der Waals surface area contributed by atoms with Gasteiger partial charge < -0.3 is 9.47 Å². The number of aryl methyl sites for hydroxylation is 1. The smallest absolute Gasteiger partial charge is 0.338 e.